The van der Waals surface area contributed by atoms with Crippen LogP contribution >= 0.6 is 0 Å². The van der Waals surface area contributed by atoms with Crippen molar-refractivity contribution in [3.8, 4) is 23.5 Å². The molecule has 26 heavy (non-hydrogen) atoms. The van der Waals surface area contributed by atoms with Gasteiger partial charge in [0.1, 0.15) is 23.4 Å². The van der Waals surface area contributed by atoms with Crippen molar-refractivity contribution in [2.45, 2.75) is 0 Å². The van der Waals surface area contributed by atoms with E-state index < -0.39 is 0 Å². The third-order valence-electron chi connectivity index (χ3n) is 3.99. The first kappa shape index (κ1) is 15.4. The molecule has 0 aliphatic carbocycles. The number of allylic oxidation sites excluding steroid dienone is 1. The largest absolute Gasteiger partial charge is 0.457 e. The van der Waals surface area contributed by atoms with Crippen molar-refractivity contribution in [2.24, 2.45) is 0 Å². The van der Waals surface area contributed by atoms with E-state index in [-0.39, 0.29) is 0 Å². The van der Waals surface area contributed by atoms with Crippen molar-refractivity contribution in [2.75, 3.05) is 0 Å². The SMILES string of the molecule is N#CC(=Cc1ccc(-c2ccccc2C#N)o1)c1nc2ccccc2[nH]1. The summed E-state index contributed by atoms with van der Waals surface area (Å²) in [5.74, 6) is 1.59. The van der Waals surface area contributed by atoms with E-state index >= 15 is 0 Å². The summed E-state index contributed by atoms with van der Waals surface area (Å²) >= 11 is 0. The Morgan fingerprint density at radius 3 is 2.62 bits per heavy atom. The Morgan fingerprint density at radius 2 is 1.81 bits per heavy atom. The molecule has 1 N–H and O–H groups in total. The van der Waals surface area contributed by atoms with E-state index in [0.29, 0.717) is 28.5 Å². The summed E-state index contributed by atoms with van der Waals surface area (Å²) in [4.78, 5) is 7.58. The average Bonchev–Trinajstić information content (AvgIpc) is 3.32. The van der Waals surface area contributed by atoms with Crippen molar-refractivity contribution in [3.63, 3.8) is 0 Å². The van der Waals surface area contributed by atoms with Crippen LogP contribution in [0.1, 0.15) is 17.1 Å². The molecule has 5 nitrogen and oxygen atoms in total. The molecule has 0 bridgehead atoms. The van der Waals surface area contributed by atoms with E-state index in [9.17, 15) is 10.5 Å². The first-order valence-corrected chi connectivity index (χ1v) is 7.95. The molecule has 4 rings (SSSR count). The van der Waals surface area contributed by atoms with E-state index in [4.69, 9.17) is 4.42 Å². The van der Waals surface area contributed by atoms with E-state index in [2.05, 4.69) is 22.1 Å². The minimum absolute atomic E-state index is 0.371. The minimum atomic E-state index is 0.371. The fraction of sp³-hybridized carbons (Fsp3) is 0. The molecule has 0 atom stereocenters. The van der Waals surface area contributed by atoms with Gasteiger partial charge in [0.25, 0.3) is 0 Å². The van der Waals surface area contributed by atoms with Crippen LogP contribution in [0.4, 0.5) is 0 Å². The van der Waals surface area contributed by atoms with Gasteiger partial charge in [-0.15, -0.1) is 0 Å². The zero-order chi connectivity index (χ0) is 17.9. The second-order valence-electron chi connectivity index (χ2n) is 5.63. The molecule has 2 aromatic heterocycles. The van der Waals surface area contributed by atoms with E-state index in [1.807, 2.05) is 36.4 Å². The third-order valence-corrected chi connectivity index (χ3v) is 3.99. The van der Waals surface area contributed by atoms with Gasteiger partial charge in [0.2, 0.25) is 0 Å². The molecule has 2 aromatic carbocycles. The van der Waals surface area contributed by atoms with Crippen molar-refractivity contribution in [1.29, 1.82) is 10.5 Å². The maximum atomic E-state index is 9.51. The quantitative estimate of drug-likeness (QED) is 0.546. The number of nitrogens with zero attached hydrogens (tertiary/aromatic N) is 3. The van der Waals surface area contributed by atoms with Crippen LogP contribution in [0.3, 0.4) is 0 Å². The van der Waals surface area contributed by atoms with Crippen LogP contribution in [0, 0.1) is 22.7 Å². The monoisotopic (exact) mass is 336 g/mol. The summed E-state index contributed by atoms with van der Waals surface area (Å²) in [5.41, 5.74) is 3.29. The smallest absolute Gasteiger partial charge is 0.149 e. The van der Waals surface area contributed by atoms with Crippen LogP contribution in [0.15, 0.2) is 65.1 Å². The third kappa shape index (κ3) is 2.75. The fourth-order valence-electron chi connectivity index (χ4n) is 2.75. The molecule has 4 aromatic rings. The number of aromatic nitrogens is 2. The van der Waals surface area contributed by atoms with Gasteiger partial charge in [-0.2, -0.15) is 10.5 Å². The van der Waals surface area contributed by atoms with Crippen LogP contribution in [0.5, 0.6) is 0 Å². The number of H-pyrrole nitrogens is 1. The number of rotatable bonds is 3. The van der Waals surface area contributed by atoms with Gasteiger partial charge in [0.05, 0.1) is 28.2 Å². The number of furan rings is 1. The number of benzene rings is 2. The number of nitriles is 2. The number of imidazole rings is 1. The number of fused-ring (bicyclic) bond motifs is 1. The summed E-state index contributed by atoms with van der Waals surface area (Å²) in [6, 6.07) is 22.7. The maximum Gasteiger partial charge on any atom is 0.149 e. The van der Waals surface area contributed by atoms with Crippen LogP contribution < -0.4 is 0 Å². The second-order valence-corrected chi connectivity index (χ2v) is 5.63. The fourth-order valence-corrected chi connectivity index (χ4v) is 2.75. The summed E-state index contributed by atoms with van der Waals surface area (Å²) in [7, 11) is 0. The highest BCUT2D eigenvalue weighted by molar-refractivity contribution is 5.89. The Balaban J connectivity index is 1.72. The number of aromatic amines is 1. The number of hydrogen-bond acceptors (Lipinski definition) is 4. The molecule has 0 aliphatic rings. The van der Waals surface area contributed by atoms with Gasteiger partial charge in [-0.1, -0.05) is 24.3 Å². The van der Waals surface area contributed by atoms with Gasteiger partial charge in [-0.25, -0.2) is 4.98 Å². The first-order valence-electron chi connectivity index (χ1n) is 7.95. The Labute approximate surface area is 149 Å². The second kappa shape index (κ2) is 6.43. The van der Waals surface area contributed by atoms with Gasteiger partial charge in [0.15, 0.2) is 0 Å². The Bertz CT molecular complexity index is 1180. The molecule has 0 saturated heterocycles. The summed E-state index contributed by atoms with van der Waals surface area (Å²) in [6.07, 6.45) is 1.64. The average molecular weight is 336 g/mol. The predicted octanol–water partition coefficient (Wildman–Crippen LogP) is 4.76. The predicted molar refractivity (Wildman–Crippen MR) is 98.4 cm³/mol. The topological polar surface area (TPSA) is 89.4 Å². The van der Waals surface area contributed by atoms with E-state index in [1.165, 1.54) is 0 Å². The van der Waals surface area contributed by atoms with Gasteiger partial charge in [-0.05, 0) is 36.4 Å². The van der Waals surface area contributed by atoms with Crippen LogP contribution in [0.25, 0.3) is 34.0 Å². The van der Waals surface area contributed by atoms with Crippen molar-refractivity contribution in [3.05, 3.63) is 77.8 Å². The number of para-hydroxylation sites is 2. The summed E-state index contributed by atoms with van der Waals surface area (Å²) in [5, 5.41) is 18.7. The molecule has 0 spiro atoms. The summed E-state index contributed by atoms with van der Waals surface area (Å²) < 4.78 is 5.82. The van der Waals surface area contributed by atoms with Crippen LogP contribution in [-0.2, 0) is 0 Å². The highest BCUT2D eigenvalue weighted by Crippen LogP contribution is 2.27. The molecule has 0 fully saturated rings. The molecular weight excluding hydrogens is 324 g/mol. The lowest BCUT2D eigenvalue weighted by atomic mass is 10.1. The van der Waals surface area contributed by atoms with Gasteiger partial charge in [-0.3, -0.25) is 0 Å². The molecule has 0 radical (unpaired) electrons. The molecule has 0 amide bonds. The van der Waals surface area contributed by atoms with Gasteiger partial charge < -0.3 is 9.40 Å². The molecule has 0 saturated carbocycles. The maximum absolute atomic E-state index is 9.51. The molecule has 0 aliphatic heterocycles. The molecule has 5 heteroatoms. The lowest BCUT2D eigenvalue weighted by molar-refractivity contribution is 0.572. The highest BCUT2D eigenvalue weighted by atomic mass is 16.3. The standard InChI is InChI=1S/C21H12N4O/c22-12-14-5-1-2-6-17(14)20-10-9-16(26-20)11-15(13-23)21-24-18-7-3-4-8-19(18)25-21/h1-11H,(H,24,25). The Hall–Kier alpha value is -4.09. The number of nitrogens with one attached hydrogen (secondary N) is 1. The molecule has 0 unspecified atom stereocenters. The zero-order valence-corrected chi connectivity index (χ0v) is 13.6. The zero-order valence-electron chi connectivity index (χ0n) is 13.6. The molecular formula is C21H12N4O. The molecule has 2 heterocycles. The lowest BCUT2D eigenvalue weighted by Crippen LogP contribution is -1.84. The van der Waals surface area contributed by atoms with Crippen LogP contribution in [0.2, 0.25) is 0 Å². The lowest BCUT2D eigenvalue weighted by Gasteiger charge is -1.99. The van der Waals surface area contributed by atoms with Crippen LogP contribution in [-0.4, -0.2) is 9.97 Å². The van der Waals surface area contributed by atoms with E-state index in [1.54, 1.807) is 30.3 Å². The Kier molecular flexibility index (Phi) is 3.82. The normalized spacial score (nSPS) is 11.2. The summed E-state index contributed by atoms with van der Waals surface area (Å²) in [6.45, 7) is 0. The first-order chi connectivity index (χ1) is 12.8. The Morgan fingerprint density at radius 1 is 1.00 bits per heavy atom. The molecule has 122 valence electrons. The van der Waals surface area contributed by atoms with Crippen molar-refractivity contribution >= 4 is 22.7 Å². The minimum Gasteiger partial charge on any atom is -0.457 e. The van der Waals surface area contributed by atoms with Gasteiger partial charge in [0, 0.05) is 11.6 Å². The highest BCUT2D eigenvalue weighted by Gasteiger charge is 2.11. The van der Waals surface area contributed by atoms with Crippen molar-refractivity contribution < 1.29 is 4.42 Å². The van der Waals surface area contributed by atoms with Gasteiger partial charge >= 0.3 is 0 Å². The van der Waals surface area contributed by atoms with E-state index in [0.717, 1.165) is 16.6 Å². The van der Waals surface area contributed by atoms with Crippen molar-refractivity contribution in [1.82, 2.24) is 9.97 Å². The number of hydrogen-bond donors (Lipinski definition) is 1.